The fraction of sp³-hybridized carbons (Fsp3) is 0.455. The van der Waals surface area contributed by atoms with Crippen molar-refractivity contribution in [2.45, 2.75) is 38.5 Å². The molecule has 2 aromatic carbocycles. The van der Waals surface area contributed by atoms with Crippen LogP contribution in [-0.4, -0.2) is 29.6 Å². The summed E-state index contributed by atoms with van der Waals surface area (Å²) in [6.45, 7) is 3.43. The number of halogens is 1. The van der Waals surface area contributed by atoms with Gasteiger partial charge in [0.05, 0.1) is 0 Å². The van der Waals surface area contributed by atoms with Crippen LogP contribution in [0.5, 0.6) is 5.75 Å². The Hall–Kier alpha value is -1.51. The fourth-order valence-corrected chi connectivity index (χ4v) is 3.78. The third-order valence-electron chi connectivity index (χ3n) is 5.18. The molecule has 1 saturated carbocycles. The summed E-state index contributed by atoms with van der Waals surface area (Å²) < 4.78 is 0. The van der Waals surface area contributed by atoms with Gasteiger partial charge in [-0.2, -0.15) is 0 Å². The minimum absolute atomic E-state index is 0. The molecule has 2 nitrogen and oxygen atoms in total. The molecular weight excluding hydrogens is 330 g/mol. The van der Waals surface area contributed by atoms with Crippen LogP contribution in [0.15, 0.2) is 54.6 Å². The van der Waals surface area contributed by atoms with Gasteiger partial charge >= 0.3 is 0 Å². The number of hydrogen-bond acceptors (Lipinski definition) is 2. The number of nitrogens with zero attached hydrogens (tertiary/aromatic N) is 1. The predicted octanol–water partition coefficient (Wildman–Crippen LogP) is 5.09. The van der Waals surface area contributed by atoms with Crippen LogP contribution in [0, 0.1) is 5.92 Å². The maximum atomic E-state index is 9.65. The van der Waals surface area contributed by atoms with Crippen molar-refractivity contribution < 1.29 is 5.11 Å². The van der Waals surface area contributed by atoms with E-state index in [-0.39, 0.29) is 12.4 Å². The van der Waals surface area contributed by atoms with Crippen molar-refractivity contribution in [2.75, 3.05) is 19.6 Å². The molecule has 1 aliphatic rings. The van der Waals surface area contributed by atoms with E-state index in [2.05, 4.69) is 41.3 Å². The molecule has 0 spiro atoms. The maximum absolute atomic E-state index is 9.65. The van der Waals surface area contributed by atoms with E-state index in [0.29, 0.717) is 5.75 Å². The first-order valence-corrected chi connectivity index (χ1v) is 9.34. The van der Waals surface area contributed by atoms with Crippen LogP contribution in [0.2, 0.25) is 0 Å². The van der Waals surface area contributed by atoms with Crippen LogP contribution in [-0.2, 0) is 12.8 Å². The molecule has 3 rings (SSSR count). The van der Waals surface area contributed by atoms with E-state index in [4.69, 9.17) is 0 Å². The number of phenolic OH excluding ortho intramolecular Hbond substituents is 1. The first-order valence-electron chi connectivity index (χ1n) is 9.34. The molecule has 0 aromatic heterocycles. The summed E-state index contributed by atoms with van der Waals surface area (Å²) in [5, 5.41) is 9.65. The van der Waals surface area contributed by atoms with Crippen molar-refractivity contribution in [3.8, 4) is 5.75 Å². The molecule has 2 aromatic rings. The van der Waals surface area contributed by atoms with E-state index in [9.17, 15) is 5.11 Å². The number of benzene rings is 2. The van der Waals surface area contributed by atoms with Crippen LogP contribution in [0.4, 0.5) is 0 Å². The molecular formula is C22H30ClNO. The van der Waals surface area contributed by atoms with Gasteiger partial charge in [-0.3, -0.25) is 0 Å². The lowest BCUT2D eigenvalue weighted by molar-refractivity contribution is 0.236. The largest absolute Gasteiger partial charge is 0.508 e. The second-order valence-corrected chi connectivity index (χ2v) is 7.11. The highest BCUT2D eigenvalue weighted by molar-refractivity contribution is 5.85. The topological polar surface area (TPSA) is 23.5 Å². The summed E-state index contributed by atoms with van der Waals surface area (Å²) in [7, 11) is 0. The molecule has 0 aliphatic heterocycles. The normalized spacial score (nSPS) is 14.6. The molecule has 0 amide bonds. The summed E-state index contributed by atoms with van der Waals surface area (Å²) in [5.41, 5.74) is 2.65. The minimum Gasteiger partial charge on any atom is -0.508 e. The quantitative estimate of drug-likeness (QED) is 0.709. The predicted molar refractivity (Wildman–Crippen MR) is 108 cm³/mol. The molecule has 25 heavy (non-hydrogen) atoms. The summed E-state index contributed by atoms with van der Waals surface area (Å²) in [6, 6.07) is 18.5. The number of rotatable bonds is 8. The van der Waals surface area contributed by atoms with Crippen LogP contribution >= 0.6 is 12.4 Å². The Labute approximate surface area is 158 Å². The maximum Gasteiger partial charge on any atom is 0.115 e. The van der Waals surface area contributed by atoms with Crippen LogP contribution < -0.4 is 0 Å². The van der Waals surface area contributed by atoms with Gasteiger partial charge in [-0.05, 0) is 54.9 Å². The van der Waals surface area contributed by atoms with E-state index in [0.717, 1.165) is 31.8 Å². The molecule has 0 heterocycles. The van der Waals surface area contributed by atoms with Crippen molar-refractivity contribution in [2.24, 2.45) is 5.92 Å². The SMILES string of the molecule is Cl.Oc1cccc(CCN(CCc2ccccc2)CC2CCCC2)c1. The van der Waals surface area contributed by atoms with Crippen molar-refractivity contribution in [1.82, 2.24) is 4.90 Å². The average Bonchev–Trinajstić information content (AvgIpc) is 3.11. The Balaban J connectivity index is 0.00000225. The molecule has 0 unspecified atom stereocenters. The molecule has 0 radical (unpaired) electrons. The molecule has 0 saturated heterocycles. The lowest BCUT2D eigenvalue weighted by atomic mass is 10.1. The Bertz CT molecular complexity index is 610. The lowest BCUT2D eigenvalue weighted by Crippen LogP contribution is -2.32. The molecule has 136 valence electrons. The summed E-state index contributed by atoms with van der Waals surface area (Å²) in [4.78, 5) is 2.63. The Morgan fingerprint density at radius 1 is 0.840 bits per heavy atom. The first-order chi connectivity index (χ1) is 11.8. The second-order valence-electron chi connectivity index (χ2n) is 7.11. The molecule has 0 bridgehead atoms. The van der Waals surface area contributed by atoms with Gasteiger partial charge in [0.15, 0.2) is 0 Å². The Kier molecular flexibility index (Phi) is 8.30. The highest BCUT2D eigenvalue weighted by Crippen LogP contribution is 2.25. The smallest absolute Gasteiger partial charge is 0.115 e. The van der Waals surface area contributed by atoms with Gasteiger partial charge in [0.2, 0.25) is 0 Å². The molecule has 3 heteroatoms. The monoisotopic (exact) mass is 359 g/mol. The van der Waals surface area contributed by atoms with Gasteiger partial charge in [-0.1, -0.05) is 55.3 Å². The average molecular weight is 360 g/mol. The zero-order chi connectivity index (χ0) is 16.6. The third kappa shape index (κ3) is 6.72. The van der Waals surface area contributed by atoms with Crippen LogP contribution in [0.1, 0.15) is 36.8 Å². The van der Waals surface area contributed by atoms with Crippen LogP contribution in [0.25, 0.3) is 0 Å². The zero-order valence-corrected chi connectivity index (χ0v) is 15.8. The summed E-state index contributed by atoms with van der Waals surface area (Å²) in [5.74, 6) is 1.25. The first kappa shape index (κ1) is 19.8. The number of aromatic hydroxyl groups is 1. The minimum atomic E-state index is 0. The lowest BCUT2D eigenvalue weighted by Gasteiger charge is -2.25. The van der Waals surface area contributed by atoms with Gasteiger partial charge in [0.1, 0.15) is 5.75 Å². The molecule has 1 fully saturated rings. The van der Waals surface area contributed by atoms with Crippen molar-refractivity contribution >= 4 is 12.4 Å². The molecule has 0 atom stereocenters. The number of phenols is 1. The Morgan fingerprint density at radius 2 is 1.48 bits per heavy atom. The highest BCUT2D eigenvalue weighted by Gasteiger charge is 2.18. The van der Waals surface area contributed by atoms with Gasteiger partial charge in [-0.15, -0.1) is 12.4 Å². The Morgan fingerprint density at radius 3 is 2.16 bits per heavy atom. The van der Waals surface area contributed by atoms with Crippen molar-refractivity contribution in [3.63, 3.8) is 0 Å². The molecule has 1 aliphatic carbocycles. The third-order valence-corrected chi connectivity index (χ3v) is 5.18. The second kappa shape index (κ2) is 10.5. The van der Waals surface area contributed by atoms with E-state index in [1.807, 2.05) is 12.1 Å². The van der Waals surface area contributed by atoms with Crippen LogP contribution in [0.3, 0.4) is 0 Å². The van der Waals surface area contributed by atoms with E-state index in [1.54, 1.807) is 6.07 Å². The van der Waals surface area contributed by atoms with E-state index in [1.165, 1.54) is 43.4 Å². The fourth-order valence-electron chi connectivity index (χ4n) is 3.78. The highest BCUT2D eigenvalue weighted by atomic mass is 35.5. The number of hydrogen-bond donors (Lipinski definition) is 1. The van der Waals surface area contributed by atoms with E-state index >= 15 is 0 Å². The standard InChI is InChI=1S/C22H29NO.ClH/c24-22-12-6-11-20(17-22)14-16-23(18-21-9-4-5-10-21)15-13-19-7-2-1-3-8-19;/h1-3,6-8,11-12,17,21,24H,4-5,9-10,13-16,18H2;1H. The zero-order valence-electron chi connectivity index (χ0n) is 14.9. The van der Waals surface area contributed by atoms with Gasteiger partial charge < -0.3 is 10.0 Å². The van der Waals surface area contributed by atoms with Gasteiger partial charge in [0, 0.05) is 19.6 Å². The van der Waals surface area contributed by atoms with Crippen molar-refractivity contribution in [1.29, 1.82) is 0 Å². The summed E-state index contributed by atoms with van der Waals surface area (Å²) in [6.07, 6.45) is 7.74. The molecule has 1 N–H and O–H groups in total. The van der Waals surface area contributed by atoms with Gasteiger partial charge in [0.25, 0.3) is 0 Å². The van der Waals surface area contributed by atoms with E-state index < -0.39 is 0 Å². The van der Waals surface area contributed by atoms with Crippen molar-refractivity contribution in [3.05, 3.63) is 65.7 Å². The van der Waals surface area contributed by atoms with Gasteiger partial charge in [-0.25, -0.2) is 0 Å². The summed E-state index contributed by atoms with van der Waals surface area (Å²) >= 11 is 0.